The van der Waals surface area contributed by atoms with E-state index in [1.165, 1.54) is 0 Å². The summed E-state index contributed by atoms with van der Waals surface area (Å²) >= 11 is 5.81. The lowest BCUT2D eigenvalue weighted by Gasteiger charge is -2.29. The summed E-state index contributed by atoms with van der Waals surface area (Å²) in [5.41, 5.74) is 1.50. The van der Waals surface area contributed by atoms with Gasteiger partial charge >= 0.3 is 5.97 Å². The summed E-state index contributed by atoms with van der Waals surface area (Å²) < 4.78 is 5.31. The van der Waals surface area contributed by atoms with Gasteiger partial charge in [0.1, 0.15) is 0 Å². The molecule has 0 saturated carbocycles. The topological polar surface area (TPSA) is 78.9 Å². The van der Waals surface area contributed by atoms with E-state index in [1.54, 1.807) is 42.5 Å². The average molecular weight is 361 g/mol. The van der Waals surface area contributed by atoms with E-state index in [0.29, 0.717) is 36.9 Å². The van der Waals surface area contributed by atoms with Crippen molar-refractivity contribution in [3.63, 3.8) is 0 Å². The van der Waals surface area contributed by atoms with Crippen molar-refractivity contribution in [1.29, 1.82) is 0 Å². The second kappa shape index (κ2) is 7.55. The molecule has 1 fully saturated rings. The third-order valence-electron chi connectivity index (χ3n) is 3.96. The van der Waals surface area contributed by atoms with Crippen LogP contribution in [0, 0.1) is 0 Å². The number of aromatic carboxylic acids is 1. The Hall–Kier alpha value is -2.57. The molecule has 0 bridgehead atoms. The normalized spacial score (nSPS) is 14.2. The molecule has 1 aliphatic heterocycles. The number of hydrogen-bond donors (Lipinski definition) is 2. The van der Waals surface area contributed by atoms with Gasteiger partial charge in [0.15, 0.2) is 0 Å². The predicted octanol–water partition coefficient (Wildman–Crippen LogP) is 3.13. The molecule has 0 atom stereocenters. The van der Waals surface area contributed by atoms with E-state index in [9.17, 15) is 14.7 Å². The molecule has 6 nitrogen and oxygen atoms in total. The molecule has 2 aromatic rings. The molecule has 0 aromatic heterocycles. The van der Waals surface area contributed by atoms with Crippen molar-refractivity contribution in [2.75, 3.05) is 36.5 Å². The molecule has 1 amide bonds. The third kappa shape index (κ3) is 4.10. The maximum Gasteiger partial charge on any atom is 0.337 e. The van der Waals surface area contributed by atoms with Gasteiger partial charge in [0.2, 0.25) is 0 Å². The largest absolute Gasteiger partial charge is 0.478 e. The molecule has 1 saturated heterocycles. The Balaban J connectivity index is 1.83. The van der Waals surface area contributed by atoms with Crippen LogP contribution in [-0.4, -0.2) is 43.3 Å². The van der Waals surface area contributed by atoms with Crippen LogP contribution < -0.4 is 10.2 Å². The minimum atomic E-state index is -1.10. The molecule has 0 aliphatic carbocycles. The van der Waals surface area contributed by atoms with Crippen LogP contribution in [0.4, 0.5) is 11.4 Å². The van der Waals surface area contributed by atoms with Crippen molar-refractivity contribution in [2.45, 2.75) is 0 Å². The van der Waals surface area contributed by atoms with Gasteiger partial charge in [0.05, 0.1) is 24.5 Å². The molecular formula is C18H17ClN2O4. The molecule has 130 valence electrons. The number of carboxylic acids is 1. The van der Waals surface area contributed by atoms with Gasteiger partial charge in [0, 0.05) is 29.4 Å². The van der Waals surface area contributed by atoms with Crippen LogP contribution in [0.15, 0.2) is 42.5 Å². The number of nitrogens with zero attached hydrogens (tertiary/aromatic N) is 1. The Morgan fingerprint density at radius 1 is 1.08 bits per heavy atom. The SMILES string of the molecule is O=C(Nc1ccc(N2CCOCC2)cc1C(=O)O)c1ccc(Cl)cc1. The first-order chi connectivity index (χ1) is 12.0. The van der Waals surface area contributed by atoms with Crippen molar-refractivity contribution in [1.82, 2.24) is 0 Å². The van der Waals surface area contributed by atoms with Gasteiger partial charge in [-0.2, -0.15) is 0 Å². The number of ether oxygens (including phenoxy) is 1. The fraction of sp³-hybridized carbons (Fsp3) is 0.222. The number of anilines is 2. The van der Waals surface area contributed by atoms with E-state index in [4.69, 9.17) is 16.3 Å². The molecule has 0 spiro atoms. The number of hydrogen-bond acceptors (Lipinski definition) is 4. The van der Waals surface area contributed by atoms with Crippen LogP contribution in [0.2, 0.25) is 5.02 Å². The van der Waals surface area contributed by atoms with Crippen molar-refractivity contribution in [3.05, 3.63) is 58.6 Å². The minimum Gasteiger partial charge on any atom is -0.478 e. The molecule has 2 N–H and O–H groups in total. The van der Waals surface area contributed by atoms with E-state index >= 15 is 0 Å². The lowest BCUT2D eigenvalue weighted by Crippen LogP contribution is -2.36. The van der Waals surface area contributed by atoms with Crippen molar-refractivity contribution in [2.24, 2.45) is 0 Å². The summed E-state index contributed by atoms with van der Waals surface area (Å²) in [5, 5.41) is 12.7. The van der Waals surface area contributed by atoms with Crippen LogP contribution in [0.3, 0.4) is 0 Å². The van der Waals surface area contributed by atoms with Gasteiger partial charge in [0.25, 0.3) is 5.91 Å². The molecule has 7 heteroatoms. The van der Waals surface area contributed by atoms with E-state index in [0.717, 1.165) is 5.69 Å². The summed E-state index contributed by atoms with van der Waals surface area (Å²) in [6.45, 7) is 2.62. The van der Waals surface area contributed by atoms with Gasteiger partial charge < -0.3 is 20.1 Å². The van der Waals surface area contributed by atoms with E-state index in [2.05, 4.69) is 10.2 Å². The highest BCUT2D eigenvalue weighted by Crippen LogP contribution is 2.25. The average Bonchev–Trinajstić information content (AvgIpc) is 2.63. The smallest absolute Gasteiger partial charge is 0.337 e. The second-order valence-electron chi connectivity index (χ2n) is 5.60. The Morgan fingerprint density at radius 2 is 1.76 bits per heavy atom. The number of morpholine rings is 1. The summed E-state index contributed by atoms with van der Waals surface area (Å²) in [7, 11) is 0. The molecule has 0 radical (unpaired) electrons. The lowest BCUT2D eigenvalue weighted by molar-refractivity contribution is 0.0698. The number of carbonyl (C=O) groups is 2. The lowest BCUT2D eigenvalue weighted by atomic mass is 10.1. The fourth-order valence-electron chi connectivity index (χ4n) is 2.63. The molecule has 25 heavy (non-hydrogen) atoms. The molecule has 2 aromatic carbocycles. The van der Waals surface area contributed by atoms with Crippen molar-refractivity contribution >= 4 is 34.9 Å². The first-order valence-corrected chi connectivity index (χ1v) is 8.19. The number of carbonyl (C=O) groups excluding carboxylic acids is 1. The van der Waals surface area contributed by atoms with E-state index < -0.39 is 11.9 Å². The molecule has 3 rings (SSSR count). The predicted molar refractivity (Wildman–Crippen MR) is 95.8 cm³/mol. The first-order valence-electron chi connectivity index (χ1n) is 7.81. The number of benzene rings is 2. The number of carboxylic acid groups (broad SMARTS) is 1. The van der Waals surface area contributed by atoms with Gasteiger partial charge in [-0.25, -0.2) is 4.79 Å². The summed E-state index contributed by atoms with van der Waals surface area (Å²) in [6.07, 6.45) is 0. The van der Waals surface area contributed by atoms with Crippen LogP contribution in [-0.2, 0) is 4.74 Å². The van der Waals surface area contributed by atoms with E-state index in [1.807, 2.05) is 0 Å². The highest BCUT2D eigenvalue weighted by molar-refractivity contribution is 6.30. The minimum absolute atomic E-state index is 0.0475. The Labute approximate surface area is 150 Å². The standard InChI is InChI=1S/C18H17ClN2O4/c19-13-3-1-12(2-4-13)17(22)20-16-6-5-14(11-15(16)18(23)24)21-7-9-25-10-8-21/h1-6,11H,7-10H2,(H,20,22)(H,23,24). The zero-order valence-electron chi connectivity index (χ0n) is 13.4. The summed E-state index contributed by atoms with van der Waals surface area (Å²) in [5.74, 6) is -1.49. The number of nitrogens with one attached hydrogen (secondary N) is 1. The number of amides is 1. The Bertz CT molecular complexity index is 786. The molecule has 0 unspecified atom stereocenters. The number of rotatable bonds is 4. The van der Waals surface area contributed by atoms with Crippen LogP contribution in [0.5, 0.6) is 0 Å². The van der Waals surface area contributed by atoms with Crippen molar-refractivity contribution < 1.29 is 19.4 Å². The second-order valence-corrected chi connectivity index (χ2v) is 6.03. The van der Waals surface area contributed by atoms with Gasteiger partial charge in [-0.05, 0) is 42.5 Å². The summed E-state index contributed by atoms with van der Waals surface area (Å²) in [6, 6.07) is 11.4. The Morgan fingerprint density at radius 3 is 2.40 bits per heavy atom. The zero-order chi connectivity index (χ0) is 17.8. The first kappa shape index (κ1) is 17.3. The highest BCUT2D eigenvalue weighted by Gasteiger charge is 2.18. The van der Waals surface area contributed by atoms with E-state index in [-0.39, 0.29) is 11.3 Å². The van der Waals surface area contributed by atoms with Crippen molar-refractivity contribution in [3.8, 4) is 0 Å². The molecule has 1 aliphatic rings. The van der Waals surface area contributed by atoms with Crippen LogP contribution in [0.25, 0.3) is 0 Å². The maximum atomic E-state index is 12.3. The fourth-order valence-corrected chi connectivity index (χ4v) is 2.76. The zero-order valence-corrected chi connectivity index (χ0v) is 14.1. The quantitative estimate of drug-likeness (QED) is 0.875. The van der Waals surface area contributed by atoms with Crippen LogP contribution >= 0.6 is 11.6 Å². The van der Waals surface area contributed by atoms with Gasteiger partial charge in [-0.15, -0.1) is 0 Å². The number of halogens is 1. The molecule has 1 heterocycles. The van der Waals surface area contributed by atoms with Gasteiger partial charge in [-0.1, -0.05) is 11.6 Å². The van der Waals surface area contributed by atoms with Gasteiger partial charge in [-0.3, -0.25) is 4.79 Å². The maximum absolute atomic E-state index is 12.3. The molecular weight excluding hydrogens is 344 g/mol. The summed E-state index contributed by atoms with van der Waals surface area (Å²) in [4.78, 5) is 26.0. The van der Waals surface area contributed by atoms with Crippen LogP contribution in [0.1, 0.15) is 20.7 Å². The third-order valence-corrected chi connectivity index (χ3v) is 4.22. The Kier molecular flexibility index (Phi) is 5.21. The highest BCUT2D eigenvalue weighted by atomic mass is 35.5. The monoisotopic (exact) mass is 360 g/mol.